The van der Waals surface area contributed by atoms with Crippen LogP contribution < -0.4 is 26.6 Å². The third kappa shape index (κ3) is 21.3. The number of amides is 5. The van der Waals surface area contributed by atoms with Gasteiger partial charge < -0.3 is 230 Å². The molecule has 0 spiro atoms. The zero-order valence-electron chi connectivity index (χ0n) is 62.1. The number of hydrogen-bond donors (Lipinski definition) is 29. The maximum atomic E-state index is 13.3. The average molecular weight is 1680 g/mol. The second-order valence-electron chi connectivity index (χ2n) is 28.9. The zero-order valence-corrected chi connectivity index (χ0v) is 62.1. The number of aliphatic hydroxyl groups is 24. The van der Waals surface area contributed by atoms with E-state index < -0.39 is 365 Å². The highest BCUT2D eigenvalue weighted by atomic mass is 16.8. The molecule has 115 heavy (non-hydrogen) atoms. The average Bonchev–Trinajstić information content (AvgIpc) is 0.757. The van der Waals surface area contributed by atoms with E-state index in [-0.39, 0.29) is 0 Å². The minimum atomic E-state index is -2.72. The summed E-state index contributed by atoms with van der Waals surface area (Å²) in [6.07, 6.45) is -85.8. The van der Waals surface area contributed by atoms with Crippen molar-refractivity contribution in [2.75, 3.05) is 59.5 Å². The fourth-order valence-corrected chi connectivity index (χ4v) is 14.9. The molecule has 0 saturated carbocycles. The molecule has 664 valence electrons. The molecule has 9 heterocycles. The molecule has 0 radical (unpaired) electrons. The van der Waals surface area contributed by atoms with Gasteiger partial charge in [0.1, 0.15) is 219 Å². The molecule has 51 heteroatoms. The van der Waals surface area contributed by atoms with E-state index in [2.05, 4.69) is 26.6 Å². The van der Waals surface area contributed by atoms with Crippen molar-refractivity contribution in [1.82, 2.24) is 26.6 Å². The van der Waals surface area contributed by atoms with Gasteiger partial charge in [0.15, 0.2) is 56.6 Å². The maximum absolute atomic E-state index is 13.3. The van der Waals surface area contributed by atoms with E-state index in [0.29, 0.717) is 0 Å². The highest BCUT2D eigenvalue weighted by molar-refractivity contribution is 5.75. The van der Waals surface area contributed by atoms with Gasteiger partial charge in [0.05, 0.1) is 59.5 Å². The largest absolute Gasteiger partial charge is 0.394 e. The third-order valence-electron chi connectivity index (χ3n) is 20.8. The number of nitrogens with one attached hydrogen (secondary N) is 5. The predicted octanol–water partition coefficient (Wildman–Crippen LogP) is -19.9. The van der Waals surface area contributed by atoms with Gasteiger partial charge in [-0.05, 0) is 0 Å². The predicted molar refractivity (Wildman–Crippen MR) is 355 cm³/mol. The van der Waals surface area contributed by atoms with E-state index in [9.17, 15) is 147 Å². The number of hydrogen-bond acceptors (Lipinski definition) is 46. The Labute approximate surface area is 651 Å². The number of ether oxygens (including phenoxy) is 17. The van der Waals surface area contributed by atoms with Crippen LogP contribution in [-0.4, -0.2) is 488 Å². The van der Waals surface area contributed by atoms with Gasteiger partial charge in [-0.3, -0.25) is 24.0 Å². The van der Waals surface area contributed by atoms with Crippen molar-refractivity contribution in [3.05, 3.63) is 0 Å². The molecule has 0 aromatic rings. The first-order chi connectivity index (χ1) is 54.4. The number of carbonyl (C=O) groups is 5. The molecule has 5 amide bonds. The van der Waals surface area contributed by atoms with Crippen LogP contribution in [0.4, 0.5) is 0 Å². The zero-order chi connectivity index (χ0) is 84.8. The van der Waals surface area contributed by atoms with Gasteiger partial charge in [0.2, 0.25) is 29.5 Å². The van der Waals surface area contributed by atoms with E-state index in [4.69, 9.17) is 80.5 Å². The molecule has 9 fully saturated rings. The summed E-state index contributed by atoms with van der Waals surface area (Å²) in [6, 6.07) is -9.49. The fourth-order valence-electron chi connectivity index (χ4n) is 14.9. The second kappa shape index (κ2) is 41.5. The Morgan fingerprint density at radius 2 is 0.478 bits per heavy atom. The van der Waals surface area contributed by atoms with E-state index in [1.165, 1.54) is 0 Å². The van der Waals surface area contributed by atoms with Gasteiger partial charge in [-0.1, -0.05) is 0 Å². The molecule has 0 aromatic carbocycles. The van der Waals surface area contributed by atoms with Gasteiger partial charge in [0.25, 0.3) is 0 Å². The lowest BCUT2D eigenvalue weighted by Crippen LogP contribution is -2.71. The maximum Gasteiger partial charge on any atom is 0.217 e. The van der Waals surface area contributed by atoms with Crippen LogP contribution >= 0.6 is 0 Å². The first-order valence-electron chi connectivity index (χ1n) is 36.6. The molecule has 9 aliphatic heterocycles. The molecule has 0 unspecified atom stereocenters. The summed E-state index contributed by atoms with van der Waals surface area (Å²) < 4.78 is 103. The van der Waals surface area contributed by atoms with Crippen LogP contribution in [0.15, 0.2) is 0 Å². The lowest BCUT2D eigenvalue weighted by molar-refractivity contribution is -0.408. The van der Waals surface area contributed by atoms with Crippen molar-refractivity contribution < 1.29 is 227 Å². The third-order valence-corrected chi connectivity index (χ3v) is 20.8. The van der Waals surface area contributed by atoms with Crippen molar-refractivity contribution in [2.45, 2.75) is 311 Å². The van der Waals surface area contributed by atoms with Crippen molar-refractivity contribution in [3.63, 3.8) is 0 Å². The second-order valence-corrected chi connectivity index (χ2v) is 28.9. The summed E-state index contributed by atoms with van der Waals surface area (Å²) in [6.45, 7) is -5.57. The Balaban J connectivity index is 1.17. The van der Waals surface area contributed by atoms with Gasteiger partial charge in [0, 0.05) is 34.6 Å². The van der Waals surface area contributed by atoms with E-state index in [1.54, 1.807) is 0 Å². The first kappa shape index (κ1) is 94.6. The molecule has 9 aliphatic rings. The van der Waals surface area contributed by atoms with Crippen LogP contribution in [-0.2, 0) is 104 Å². The Kier molecular flexibility index (Phi) is 34.1. The molecular weight excluding hydrogens is 1570 g/mol. The summed E-state index contributed by atoms with van der Waals surface area (Å²) in [5.74, 6) is -4.64. The summed E-state index contributed by atoms with van der Waals surface area (Å²) in [4.78, 5) is 64.2. The van der Waals surface area contributed by atoms with Gasteiger partial charge in [-0.25, -0.2) is 0 Å². The number of rotatable bonds is 30. The molecule has 0 bridgehead atoms. The van der Waals surface area contributed by atoms with Crippen LogP contribution in [0.5, 0.6) is 0 Å². The van der Waals surface area contributed by atoms with Crippen LogP contribution in [0.1, 0.15) is 34.6 Å². The van der Waals surface area contributed by atoms with Gasteiger partial charge in [-0.15, -0.1) is 0 Å². The molecule has 9 saturated heterocycles. The fraction of sp³-hybridized carbons (Fsp3) is 0.922. The SMILES string of the molecule is CC(=O)N[C@@H]1[C@@H](O)[C@H](O[C@@H]2O[C@H](CO)[C@@H](O[C@@H]3O[C@H](CO[C@H]4O[C@H](CO)[C@@H](O)[C@H](O)[C@@H]4O[C@@H]4O[C@H](CO)[C@@H](O)[C@H](O)[C@H]4NC(C)=O)[C@@H](O[C@@H]4O[C@H](CO)[C@@H](O)[C@H](O)[C@H]4NC(C)=O)[C@H](O[C@H]4O[C@H](CO)[C@@H](O)[C@H](O)[C@@H]4O[C@@H]4O[C@H](CO)[C@@H](O[C@@H]5O[C@H](CO)[C@H](O)[C@H](O)[C@H]5O)[C@H](O)[C@H]4NC(C)=O)[C@@H]3O)[C@H](O)[C@H]2NC(C)=O)[C@@H](CO)O[C@H]1O. The summed E-state index contributed by atoms with van der Waals surface area (Å²) in [7, 11) is 0. The molecule has 29 N–H and O–H groups in total. The Morgan fingerprint density at radius 3 is 0.861 bits per heavy atom. The Bertz CT molecular complexity index is 3100. The van der Waals surface area contributed by atoms with Crippen molar-refractivity contribution in [2.24, 2.45) is 0 Å². The normalized spacial score (nSPS) is 47.9. The molecule has 45 atom stereocenters. The van der Waals surface area contributed by atoms with Crippen LogP contribution in [0.3, 0.4) is 0 Å². The van der Waals surface area contributed by atoms with Crippen LogP contribution in [0.25, 0.3) is 0 Å². The van der Waals surface area contributed by atoms with E-state index >= 15 is 0 Å². The Hall–Kier alpha value is -4.29. The molecular formula is C64H107N5O46. The van der Waals surface area contributed by atoms with Crippen LogP contribution in [0.2, 0.25) is 0 Å². The van der Waals surface area contributed by atoms with Crippen molar-refractivity contribution >= 4 is 29.5 Å². The van der Waals surface area contributed by atoms with Crippen LogP contribution in [0, 0.1) is 0 Å². The quantitative estimate of drug-likeness (QED) is 0.0318. The standard InChI is InChI=1S/C64H107N5O46/c1-15(78)65-29-41(90)49(25(11-75)100-56(29)98)109-59-32(68-18(4)81)42(91)51(27(13-77)106-59)111-62-48(97)53(113-64-55(46(95)38(87)24(10-74)105-64)115-60-33(69-19(5)82)43(92)50(26(12-76)107-60)110-61-47(96)44(93)36(85)22(8-72)103-61)52(112-57-30(66-16(2)79)39(88)34(83)20(6-70)101-57)28(108-62)14-99-63-54(45(94)37(86)23(9-73)104-63)114-58-31(67-17(3)80)40(89)35(84)21(7-71)102-58/h20-64,70-77,83-98H,6-14H2,1-5H3,(H,65,78)(H,66,79)(H,67,80)(H,68,81)(H,69,82)/t20-,21-,22-,23-,24-,25-,26-,27-,28-,29-,30-,31-,32-,33-,34-,35-,36+,37-,38-,39-,40-,41-,42-,43-,44+,45+,46+,47-,48+,49-,50-,51-,52-,53-,54+,55+,56-,57+,58+,59+,60+,61+,62+,63+,64-/m1/s1. The van der Waals surface area contributed by atoms with Gasteiger partial charge in [-0.2, -0.15) is 0 Å². The highest BCUT2D eigenvalue weighted by Gasteiger charge is 2.62. The summed E-state index contributed by atoms with van der Waals surface area (Å²) >= 11 is 0. The van der Waals surface area contributed by atoms with Crippen molar-refractivity contribution in [1.29, 1.82) is 0 Å². The topological polar surface area (TPSA) is 788 Å². The molecule has 0 aliphatic carbocycles. The molecule has 9 rings (SSSR count). The lowest BCUT2D eigenvalue weighted by atomic mass is 9.93. The smallest absolute Gasteiger partial charge is 0.217 e. The number of aliphatic hydroxyl groups excluding tert-OH is 24. The van der Waals surface area contributed by atoms with Gasteiger partial charge >= 0.3 is 0 Å². The van der Waals surface area contributed by atoms with E-state index in [0.717, 1.165) is 34.6 Å². The lowest BCUT2D eigenvalue weighted by Gasteiger charge is -2.52. The summed E-state index contributed by atoms with van der Waals surface area (Å²) in [5, 5.41) is 281. The van der Waals surface area contributed by atoms with E-state index in [1.807, 2.05) is 0 Å². The number of carbonyl (C=O) groups excluding carboxylic acids is 5. The van der Waals surface area contributed by atoms with Crippen molar-refractivity contribution in [3.8, 4) is 0 Å². The highest BCUT2D eigenvalue weighted by Crippen LogP contribution is 2.41. The minimum absolute atomic E-state index is 0.806. The monoisotopic (exact) mass is 1680 g/mol. The molecule has 0 aromatic heterocycles. The first-order valence-corrected chi connectivity index (χ1v) is 36.6. The molecule has 51 nitrogen and oxygen atoms in total. The summed E-state index contributed by atoms with van der Waals surface area (Å²) in [5.41, 5.74) is 0. The minimum Gasteiger partial charge on any atom is -0.394 e. The Morgan fingerprint density at radius 1 is 0.226 bits per heavy atom.